The Balaban J connectivity index is 2.08. The van der Waals surface area contributed by atoms with E-state index in [0.717, 1.165) is 11.5 Å². The summed E-state index contributed by atoms with van der Waals surface area (Å²) in [5.41, 5.74) is 0.780. The zero-order valence-electron chi connectivity index (χ0n) is 10.3. The Kier molecular flexibility index (Phi) is 4.03. The van der Waals surface area contributed by atoms with Gasteiger partial charge in [0.2, 0.25) is 0 Å². The summed E-state index contributed by atoms with van der Waals surface area (Å²) in [5, 5.41) is 10.1. The van der Waals surface area contributed by atoms with Crippen molar-refractivity contribution in [3.05, 3.63) is 34.4 Å². The topological polar surface area (TPSA) is 75.6 Å². The van der Waals surface area contributed by atoms with Crippen LogP contribution in [0.2, 0.25) is 0 Å². The van der Waals surface area contributed by atoms with Gasteiger partial charge in [0, 0.05) is 19.3 Å². The van der Waals surface area contributed by atoms with Crippen LogP contribution in [-0.4, -0.2) is 26.8 Å². The predicted molar refractivity (Wildman–Crippen MR) is 71.9 cm³/mol. The molecule has 0 unspecified atom stereocenters. The van der Waals surface area contributed by atoms with Crippen molar-refractivity contribution in [1.29, 1.82) is 0 Å². The fraction of sp³-hybridized carbons (Fsp3) is 0.364. The minimum absolute atomic E-state index is 0.170. The molecule has 0 radical (unpaired) electrons. The van der Waals surface area contributed by atoms with Crippen molar-refractivity contribution in [1.82, 2.24) is 19.7 Å². The van der Waals surface area contributed by atoms with E-state index in [2.05, 4.69) is 20.5 Å². The average Bonchev–Trinajstić information content (AvgIpc) is 2.77. The fourth-order valence-corrected chi connectivity index (χ4v) is 2.45. The van der Waals surface area contributed by atoms with E-state index in [1.807, 2.05) is 32.2 Å². The van der Waals surface area contributed by atoms with Gasteiger partial charge in [0.15, 0.2) is 5.16 Å². The lowest BCUT2D eigenvalue weighted by Gasteiger charge is -2.04. The number of aromatic nitrogens is 4. The van der Waals surface area contributed by atoms with Crippen LogP contribution in [0.25, 0.3) is 0 Å². The van der Waals surface area contributed by atoms with Crippen LogP contribution < -0.4 is 11.0 Å². The summed E-state index contributed by atoms with van der Waals surface area (Å²) in [6.07, 6.45) is 0. The van der Waals surface area contributed by atoms with Gasteiger partial charge < -0.3 is 5.32 Å². The number of nitrogens with zero attached hydrogens (tertiary/aromatic N) is 3. The van der Waals surface area contributed by atoms with Crippen LogP contribution in [0.5, 0.6) is 0 Å². The number of hydrogen-bond donors (Lipinski definition) is 2. The first-order valence-electron chi connectivity index (χ1n) is 5.66. The summed E-state index contributed by atoms with van der Waals surface area (Å²) in [4.78, 5) is 15.8. The first kappa shape index (κ1) is 12.7. The van der Waals surface area contributed by atoms with Crippen LogP contribution in [0.3, 0.4) is 0 Å². The van der Waals surface area contributed by atoms with Gasteiger partial charge in [0.25, 0.3) is 0 Å². The number of thioether (sulfide) groups is 1. The number of aromatic amines is 1. The van der Waals surface area contributed by atoms with E-state index in [1.165, 1.54) is 11.8 Å². The van der Waals surface area contributed by atoms with Crippen molar-refractivity contribution < 1.29 is 0 Å². The van der Waals surface area contributed by atoms with E-state index >= 15 is 0 Å². The lowest BCUT2D eigenvalue weighted by molar-refractivity contribution is 0.660. The van der Waals surface area contributed by atoms with Crippen molar-refractivity contribution in [3.8, 4) is 0 Å². The predicted octanol–water partition coefficient (Wildman–Crippen LogP) is 1.32. The first-order chi connectivity index (χ1) is 8.74. The number of nitrogens with one attached hydrogen (secondary N) is 2. The molecule has 0 aromatic carbocycles. The first-order valence-corrected chi connectivity index (χ1v) is 6.65. The van der Waals surface area contributed by atoms with Crippen molar-refractivity contribution in [2.45, 2.75) is 24.4 Å². The molecule has 2 aromatic rings. The van der Waals surface area contributed by atoms with Gasteiger partial charge in [-0.25, -0.2) is 14.9 Å². The van der Waals surface area contributed by atoms with E-state index in [1.54, 1.807) is 4.57 Å². The van der Waals surface area contributed by atoms with E-state index in [4.69, 9.17) is 0 Å². The van der Waals surface area contributed by atoms with Crippen LogP contribution >= 0.6 is 11.8 Å². The highest BCUT2D eigenvalue weighted by Gasteiger charge is 2.07. The molecule has 0 fully saturated rings. The summed E-state index contributed by atoms with van der Waals surface area (Å²) >= 11 is 1.50. The smallest absolute Gasteiger partial charge is 0.343 e. The Bertz CT molecular complexity index is 577. The second-order valence-electron chi connectivity index (χ2n) is 3.61. The van der Waals surface area contributed by atoms with Crippen molar-refractivity contribution in [3.63, 3.8) is 0 Å². The molecule has 0 atom stereocenters. The van der Waals surface area contributed by atoms with Crippen LogP contribution in [0.15, 0.2) is 28.2 Å². The average molecular weight is 265 g/mol. The standard InChI is InChI=1S/C11H15N5OS/c1-3-16-10(17)14-15-11(16)18-7-8-5-4-6-9(12-2)13-8/h4-6H,3,7H2,1-2H3,(H,12,13)(H,14,17). The van der Waals surface area contributed by atoms with Gasteiger partial charge in [-0.1, -0.05) is 17.8 Å². The summed E-state index contributed by atoms with van der Waals surface area (Å²) in [7, 11) is 1.84. The molecule has 2 rings (SSSR count). The molecule has 2 N–H and O–H groups in total. The second kappa shape index (κ2) is 5.72. The third-order valence-corrected chi connectivity index (χ3v) is 3.46. The Morgan fingerprint density at radius 2 is 2.33 bits per heavy atom. The number of hydrogen-bond acceptors (Lipinski definition) is 5. The molecule has 7 heteroatoms. The molecule has 2 heterocycles. The molecule has 0 bridgehead atoms. The zero-order chi connectivity index (χ0) is 13.0. The summed E-state index contributed by atoms with van der Waals surface area (Å²) < 4.78 is 1.60. The lowest BCUT2D eigenvalue weighted by atomic mass is 10.4. The summed E-state index contributed by atoms with van der Waals surface area (Å²) in [6.45, 7) is 2.53. The molecule has 0 spiro atoms. The molecule has 0 saturated carbocycles. The van der Waals surface area contributed by atoms with Gasteiger partial charge in [-0.3, -0.25) is 4.57 Å². The Morgan fingerprint density at radius 3 is 3.06 bits per heavy atom. The van der Waals surface area contributed by atoms with Gasteiger partial charge in [-0.15, -0.1) is 5.10 Å². The molecule has 2 aromatic heterocycles. The zero-order valence-corrected chi connectivity index (χ0v) is 11.1. The van der Waals surface area contributed by atoms with Crippen molar-refractivity contribution in [2.75, 3.05) is 12.4 Å². The fourth-order valence-electron chi connectivity index (χ4n) is 1.53. The Morgan fingerprint density at radius 1 is 1.50 bits per heavy atom. The highest BCUT2D eigenvalue weighted by atomic mass is 32.2. The van der Waals surface area contributed by atoms with E-state index in [0.29, 0.717) is 17.5 Å². The van der Waals surface area contributed by atoms with E-state index in [-0.39, 0.29) is 5.69 Å². The molecule has 0 aliphatic rings. The van der Waals surface area contributed by atoms with Gasteiger partial charge >= 0.3 is 5.69 Å². The third kappa shape index (κ3) is 2.73. The Hall–Kier alpha value is -1.76. The summed E-state index contributed by atoms with van der Waals surface area (Å²) in [6, 6.07) is 5.81. The summed E-state index contributed by atoms with van der Waals surface area (Å²) in [5.74, 6) is 1.52. The van der Waals surface area contributed by atoms with Gasteiger partial charge in [0.1, 0.15) is 5.82 Å². The van der Waals surface area contributed by atoms with Crippen LogP contribution in [-0.2, 0) is 12.3 Å². The lowest BCUT2D eigenvalue weighted by Crippen LogP contribution is -2.16. The molecule has 0 aliphatic heterocycles. The van der Waals surface area contributed by atoms with Crippen molar-refractivity contribution >= 4 is 17.6 Å². The number of pyridine rings is 1. The highest BCUT2D eigenvalue weighted by molar-refractivity contribution is 7.98. The van der Waals surface area contributed by atoms with Gasteiger partial charge in [-0.05, 0) is 19.1 Å². The molecule has 0 aliphatic carbocycles. The molecule has 0 saturated heterocycles. The second-order valence-corrected chi connectivity index (χ2v) is 4.55. The largest absolute Gasteiger partial charge is 0.373 e. The molecule has 6 nitrogen and oxygen atoms in total. The SMILES string of the molecule is CCn1c(SCc2cccc(NC)n2)n[nH]c1=O. The number of H-pyrrole nitrogens is 1. The molecule has 18 heavy (non-hydrogen) atoms. The number of rotatable bonds is 5. The quantitative estimate of drug-likeness (QED) is 0.797. The molecule has 0 amide bonds. The van der Waals surface area contributed by atoms with Crippen LogP contribution in [0, 0.1) is 0 Å². The van der Waals surface area contributed by atoms with E-state index < -0.39 is 0 Å². The van der Waals surface area contributed by atoms with Crippen LogP contribution in [0.4, 0.5) is 5.82 Å². The van der Waals surface area contributed by atoms with Gasteiger partial charge in [-0.2, -0.15) is 0 Å². The maximum atomic E-state index is 11.4. The number of anilines is 1. The maximum Gasteiger partial charge on any atom is 0.343 e. The van der Waals surface area contributed by atoms with Crippen LogP contribution in [0.1, 0.15) is 12.6 Å². The normalized spacial score (nSPS) is 10.6. The molecular formula is C11H15N5OS. The van der Waals surface area contributed by atoms with Crippen molar-refractivity contribution in [2.24, 2.45) is 0 Å². The third-order valence-electron chi connectivity index (χ3n) is 2.45. The monoisotopic (exact) mass is 265 g/mol. The maximum absolute atomic E-state index is 11.4. The minimum atomic E-state index is -0.170. The highest BCUT2D eigenvalue weighted by Crippen LogP contribution is 2.19. The Labute approximate surface area is 109 Å². The van der Waals surface area contributed by atoms with Gasteiger partial charge in [0.05, 0.1) is 5.69 Å². The molecule has 96 valence electrons. The minimum Gasteiger partial charge on any atom is -0.373 e. The van der Waals surface area contributed by atoms with E-state index in [9.17, 15) is 4.79 Å². The molecular weight excluding hydrogens is 250 g/mol.